The molecule has 0 radical (unpaired) electrons. The molecule has 1 amide bonds. The molecular weight excluding hydrogens is 454 g/mol. The van der Waals surface area contributed by atoms with E-state index in [2.05, 4.69) is 15.5 Å². The zero-order chi connectivity index (χ0) is 23.1. The maximum absolute atomic E-state index is 12.7. The van der Waals surface area contributed by atoms with Gasteiger partial charge in [0.25, 0.3) is 5.91 Å². The van der Waals surface area contributed by atoms with Crippen LogP contribution < -0.4 is 19.5 Å². The molecule has 170 valence electrons. The van der Waals surface area contributed by atoms with Crippen LogP contribution in [0, 0.1) is 0 Å². The van der Waals surface area contributed by atoms with E-state index < -0.39 is 9.84 Å². The summed E-state index contributed by atoms with van der Waals surface area (Å²) in [6, 6.07) is 11.3. The van der Waals surface area contributed by atoms with Crippen LogP contribution >= 0.6 is 11.3 Å². The molecule has 1 aromatic heterocycles. The van der Waals surface area contributed by atoms with Crippen molar-refractivity contribution in [2.75, 3.05) is 20.8 Å². The molecule has 0 atom stereocenters. The van der Waals surface area contributed by atoms with Gasteiger partial charge >= 0.3 is 5.19 Å². The Labute approximate surface area is 190 Å². The summed E-state index contributed by atoms with van der Waals surface area (Å²) in [5, 5.41) is 10.5. The molecule has 0 bridgehead atoms. The average Bonchev–Trinajstić information content (AvgIpc) is 3.27. The normalized spacial score (nSPS) is 11.1. The molecule has 0 saturated carbocycles. The van der Waals surface area contributed by atoms with E-state index in [1.54, 1.807) is 42.5 Å². The van der Waals surface area contributed by atoms with Crippen LogP contribution in [0.25, 0.3) is 0 Å². The lowest BCUT2D eigenvalue weighted by Crippen LogP contribution is -2.23. The molecule has 0 aliphatic rings. The zero-order valence-electron chi connectivity index (χ0n) is 17.8. The van der Waals surface area contributed by atoms with Crippen molar-refractivity contribution < 1.29 is 27.4 Å². The first-order valence-corrected chi connectivity index (χ1v) is 12.2. The van der Waals surface area contributed by atoms with E-state index in [9.17, 15) is 13.2 Å². The number of rotatable bonds is 10. The second-order valence-corrected chi connectivity index (χ2v) is 9.77. The Morgan fingerprint density at radius 2 is 1.75 bits per heavy atom. The number of nitrogens with zero attached hydrogens (tertiary/aromatic N) is 2. The van der Waals surface area contributed by atoms with Gasteiger partial charge in [0.15, 0.2) is 11.5 Å². The van der Waals surface area contributed by atoms with Crippen LogP contribution in [0.2, 0.25) is 0 Å². The van der Waals surface area contributed by atoms with Crippen LogP contribution in [-0.2, 0) is 15.6 Å². The number of aromatic nitrogens is 2. The van der Waals surface area contributed by atoms with Crippen LogP contribution in [0.15, 0.2) is 46.8 Å². The van der Waals surface area contributed by atoms with E-state index in [0.29, 0.717) is 34.9 Å². The van der Waals surface area contributed by atoms with Crippen LogP contribution in [0.5, 0.6) is 22.4 Å². The Bertz CT molecular complexity index is 1180. The van der Waals surface area contributed by atoms with Gasteiger partial charge in [0.2, 0.25) is 14.2 Å². The summed E-state index contributed by atoms with van der Waals surface area (Å²) in [5.74, 6) is 0.944. The predicted molar refractivity (Wildman–Crippen MR) is 119 cm³/mol. The molecule has 0 saturated heterocycles. The fourth-order valence-electron chi connectivity index (χ4n) is 2.72. The predicted octanol–water partition coefficient (Wildman–Crippen LogP) is 3.46. The summed E-state index contributed by atoms with van der Waals surface area (Å²) in [6.45, 7) is 2.55. The molecule has 9 nitrogen and oxygen atoms in total. The molecule has 32 heavy (non-hydrogen) atoms. The molecule has 1 N–H and O–H groups in total. The van der Waals surface area contributed by atoms with Crippen molar-refractivity contribution >= 4 is 27.1 Å². The van der Waals surface area contributed by atoms with Gasteiger partial charge in [-0.1, -0.05) is 24.2 Å². The van der Waals surface area contributed by atoms with Crippen molar-refractivity contribution in [3.63, 3.8) is 0 Å². The third-order valence-corrected chi connectivity index (χ3v) is 7.26. The second-order valence-electron chi connectivity index (χ2n) is 6.66. The highest BCUT2D eigenvalue weighted by Crippen LogP contribution is 2.34. The first kappa shape index (κ1) is 23.5. The highest BCUT2D eigenvalue weighted by molar-refractivity contribution is 7.92. The Kier molecular flexibility index (Phi) is 7.65. The summed E-state index contributed by atoms with van der Waals surface area (Å²) in [4.78, 5) is 12.0. The number of benzene rings is 2. The minimum Gasteiger partial charge on any atom is -0.493 e. The Balaban J connectivity index is 1.69. The van der Waals surface area contributed by atoms with Gasteiger partial charge in [-0.3, -0.25) is 4.79 Å². The van der Waals surface area contributed by atoms with Crippen LogP contribution in [0.3, 0.4) is 0 Å². The lowest BCUT2D eigenvalue weighted by molar-refractivity contribution is 0.0953. The monoisotopic (exact) mass is 477 g/mol. The van der Waals surface area contributed by atoms with E-state index in [1.165, 1.54) is 14.2 Å². The Morgan fingerprint density at radius 1 is 1.03 bits per heavy atom. The van der Waals surface area contributed by atoms with E-state index in [1.807, 2.05) is 6.92 Å². The second kappa shape index (κ2) is 10.4. The van der Waals surface area contributed by atoms with Crippen LogP contribution in [0.1, 0.15) is 29.3 Å². The van der Waals surface area contributed by atoms with Crippen molar-refractivity contribution in [2.45, 2.75) is 23.4 Å². The van der Waals surface area contributed by atoms with Gasteiger partial charge in [-0.2, -0.15) is 0 Å². The third-order valence-electron chi connectivity index (χ3n) is 4.32. The third kappa shape index (κ3) is 5.74. The number of methoxy groups -OCH3 is 2. The lowest BCUT2D eigenvalue weighted by Gasteiger charge is -2.08. The minimum absolute atomic E-state index is 0.0822. The topological polar surface area (TPSA) is 117 Å². The minimum atomic E-state index is -3.74. The lowest BCUT2D eigenvalue weighted by atomic mass is 10.1. The Morgan fingerprint density at radius 3 is 2.41 bits per heavy atom. The first-order valence-electron chi connectivity index (χ1n) is 9.69. The smallest absolute Gasteiger partial charge is 0.300 e. The number of sulfone groups is 1. The van der Waals surface area contributed by atoms with Gasteiger partial charge in [0.1, 0.15) is 5.75 Å². The number of nitrogens with one attached hydrogen (secondary N) is 1. The van der Waals surface area contributed by atoms with Crippen molar-refractivity contribution in [3.05, 3.63) is 53.6 Å². The van der Waals surface area contributed by atoms with Gasteiger partial charge in [0, 0.05) is 18.2 Å². The number of hydrogen-bond acceptors (Lipinski definition) is 9. The van der Waals surface area contributed by atoms with Gasteiger partial charge in [-0.25, -0.2) is 8.42 Å². The summed E-state index contributed by atoms with van der Waals surface area (Å²) in [7, 11) is -0.712. The van der Waals surface area contributed by atoms with Gasteiger partial charge < -0.3 is 19.5 Å². The van der Waals surface area contributed by atoms with Gasteiger partial charge in [0.05, 0.1) is 20.0 Å². The fourth-order valence-corrected chi connectivity index (χ4v) is 4.99. The molecule has 3 aromatic rings. The molecule has 0 aliphatic heterocycles. The Hall–Kier alpha value is -3.18. The van der Waals surface area contributed by atoms with Crippen LogP contribution in [-0.4, -0.2) is 45.3 Å². The number of ether oxygens (including phenoxy) is 3. The molecule has 0 spiro atoms. The molecule has 1 heterocycles. The summed E-state index contributed by atoms with van der Waals surface area (Å²) < 4.78 is 41.4. The molecule has 0 unspecified atom stereocenters. The molecule has 0 fully saturated rings. The molecule has 11 heteroatoms. The maximum atomic E-state index is 12.7. The largest absolute Gasteiger partial charge is 0.493 e. The molecule has 0 aliphatic carbocycles. The van der Waals surface area contributed by atoms with E-state index in [0.717, 1.165) is 17.8 Å². The van der Waals surface area contributed by atoms with Crippen LogP contribution in [0.4, 0.5) is 0 Å². The highest BCUT2D eigenvalue weighted by Gasteiger charge is 2.22. The summed E-state index contributed by atoms with van der Waals surface area (Å²) in [5.41, 5.74) is 1.01. The van der Waals surface area contributed by atoms with E-state index in [-0.39, 0.29) is 21.2 Å². The SMILES string of the molecule is CCCNC(=O)c1ccc(CS(=O)(=O)c2nnc(Oc3ccc(OC)c(OC)c3)s2)cc1. The van der Waals surface area contributed by atoms with Crippen molar-refractivity contribution in [1.29, 1.82) is 0 Å². The highest BCUT2D eigenvalue weighted by atomic mass is 32.2. The van der Waals surface area contributed by atoms with Gasteiger partial charge in [-0.05, 0) is 47.6 Å². The summed E-state index contributed by atoms with van der Waals surface area (Å²) in [6.07, 6.45) is 0.835. The van der Waals surface area contributed by atoms with Gasteiger partial charge in [-0.15, -0.1) is 5.10 Å². The number of carbonyl (C=O) groups excluding carboxylic acids is 1. The van der Waals surface area contributed by atoms with Crippen molar-refractivity contribution in [1.82, 2.24) is 15.5 Å². The van der Waals surface area contributed by atoms with Crippen molar-refractivity contribution in [3.8, 4) is 22.4 Å². The van der Waals surface area contributed by atoms with Crippen molar-refractivity contribution in [2.24, 2.45) is 0 Å². The van der Waals surface area contributed by atoms with E-state index >= 15 is 0 Å². The molecule has 3 rings (SSSR count). The zero-order valence-corrected chi connectivity index (χ0v) is 19.5. The number of amides is 1. The quantitative estimate of drug-likeness (QED) is 0.472. The summed E-state index contributed by atoms with van der Waals surface area (Å²) >= 11 is 0.826. The molecular formula is C21H23N3O6S2. The standard InChI is InChI=1S/C21H23N3O6S2/c1-4-11-22-19(25)15-7-5-14(6-8-15)13-32(26,27)21-24-23-20(31-21)30-16-9-10-17(28-2)18(12-16)29-3/h5-10,12H,4,11,13H2,1-3H3,(H,22,25). The molecule has 2 aromatic carbocycles. The number of carbonyl (C=O) groups is 1. The average molecular weight is 478 g/mol. The first-order chi connectivity index (χ1) is 15.4. The number of hydrogen-bond donors (Lipinski definition) is 1. The fraction of sp³-hybridized carbons (Fsp3) is 0.286. The van der Waals surface area contributed by atoms with E-state index in [4.69, 9.17) is 14.2 Å². The maximum Gasteiger partial charge on any atom is 0.300 e.